The molecule has 2 aliphatic rings. The maximum Gasteiger partial charge on any atom is 0.305 e. The number of esters is 1. The molecule has 154 valence electrons. The van der Waals surface area contributed by atoms with Crippen LogP contribution in [-0.2, 0) is 25.5 Å². The van der Waals surface area contributed by atoms with E-state index >= 15 is 0 Å². The van der Waals surface area contributed by atoms with Gasteiger partial charge in [0.2, 0.25) is 5.91 Å². The summed E-state index contributed by atoms with van der Waals surface area (Å²) < 4.78 is 21.5. The van der Waals surface area contributed by atoms with Crippen molar-refractivity contribution in [3.63, 3.8) is 0 Å². The Labute approximate surface area is 165 Å². The first-order chi connectivity index (χ1) is 13.5. The van der Waals surface area contributed by atoms with Crippen molar-refractivity contribution in [3.8, 4) is 11.5 Å². The van der Waals surface area contributed by atoms with E-state index in [2.05, 4.69) is 6.92 Å². The van der Waals surface area contributed by atoms with E-state index in [1.165, 1.54) is 7.11 Å². The van der Waals surface area contributed by atoms with Crippen LogP contribution >= 0.6 is 0 Å². The Hall–Kier alpha value is -2.28. The largest absolute Gasteiger partial charge is 0.493 e. The van der Waals surface area contributed by atoms with Gasteiger partial charge in [-0.25, -0.2) is 0 Å². The fourth-order valence-electron chi connectivity index (χ4n) is 4.46. The molecule has 7 heteroatoms. The van der Waals surface area contributed by atoms with E-state index in [-0.39, 0.29) is 42.4 Å². The number of hydrogen-bond donors (Lipinski definition) is 0. The Balaban J connectivity index is 1.75. The minimum atomic E-state index is -0.274. The fourth-order valence-corrected chi connectivity index (χ4v) is 4.46. The zero-order valence-electron chi connectivity index (χ0n) is 17.0. The zero-order chi connectivity index (χ0) is 20.3. The van der Waals surface area contributed by atoms with E-state index in [1.807, 2.05) is 23.1 Å². The Bertz CT molecular complexity index is 721. The third kappa shape index (κ3) is 3.94. The third-order valence-electron chi connectivity index (χ3n) is 5.87. The average Bonchev–Trinajstić information content (AvgIpc) is 3.12. The first-order valence-corrected chi connectivity index (χ1v) is 9.72. The van der Waals surface area contributed by atoms with Gasteiger partial charge in [-0.1, -0.05) is 13.0 Å². The van der Waals surface area contributed by atoms with Gasteiger partial charge in [-0.2, -0.15) is 0 Å². The van der Waals surface area contributed by atoms with Crippen LogP contribution in [0.3, 0.4) is 0 Å². The summed E-state index contributed by atoms with van der Waals surface area (Å²) in [6.07, 6.45) is 1.87. The second-order valence-electron chi connectivity index (χ2n) is 7.39. The van der Waals surface area contributed by atoms with Crippen molar-refractivity contribution in [1.82, 2.24) is 4.90 Å². The van der Waals surface area contributed by atoms with Gasteiger partial charge in [0.15, 0.2) is 11.5 Å². The lowest BCUT2D eigenvalue weighted by atomic mass is 9.79. The number of carbonyl (C=O) groups excluding carboxylic acids is 2. The predicted molar refractivity (Wildman–Crippen MR) is 102 cm³/mol. The minimum Gasteiger partial charge on any atom is -0.493 e. The van der Waals surface area contributed by atoms with E-state index < -0.39 is 0 Å². The fraction of sp³-hybridized carbons (Fsp3) is 0.619. The molecule has 2 saturated heterocycles. The number of amides is 1. The number of carbonyl (C=O) groups is 2. The average molecular weight is 391 g/mol. The van der Waals surface area contributed by atoms with E-state index in [4.69, 9.17) is 18.9 Å². The molecule has 1 aromatic rings. The highest BCUT2D eigenvalue weighted by atomic mass is 16.5. The van der Waals surface area contributed by atoms with E-state index in [9.17, 15) is 9.59 Å². The van der Waals surface area contributed by atoms with Crippen molar-refractivity contribution in [2.75, 3.05) is 27.9 Å². The van der Waals surface area contributed by atoms with Crippen LogP contribution in [0.2, 0.25) is 0 Å². The minimum absolute atomic E-state index is 0.0243. The summed E-state index contributed by atoms with van der Waals surface area (Å²) in [7, 11) is 4.60. The topological polar surface area (TPSA) is 74.3 Å². The number of methoxy groups -OCH3 is 3. The molecule has 7 nitrogen and oxygen atoms in total. The number of rotatable bonds is 7. The number of ether oxygens (including phenoxy) is 4. The van der Waals surface area contributed by atoms with Crippen LogP contribution in [0.15, 0.2) is 18.2 Å². The number of hydrogen-bond acceptors (Lipinski definition) is 6. The van der Waals surface area contributed by atoms with Crippen molar-refractivity contribution >= 4 is 11.9 Å². The van der Waals surface area contributed by atoms with E-state index in [1.54, 1.807) is 14.2 Å². The maximum atomic E-state index is 12.9. The van der Waals surface area contributed by atoms with Crippen molar-refractivity contribution in [2.24, 2.45) is 11.8 Å². The van der Waals surface area contributed by atoms with Gasteiger partial charge in [-0.05, 0) is 36.5 Å². The maximum absolute atomic E-state index is 12.9. The Morgan fingerprint density at radius 2 is 1.96 bits per heavy atom. The molecule has 0 radical (unpaired) electrons. The van der Waals surface area contributed by atoms with Crippen LogP contribution in [0.25, 0.3) is 0 Å². The molecular formula is C21H29NO6. The Morgan fingerprint density at radius 1 is 1.21 bits per heavy atom. The number of benzene rings is 1. The molecule has 2 fully saturated rings. The summed E-state index contributed by atoms with van der Waals surface area (Å²) in [6, 6.07) is 5.78. The summed E-state index contributed by atoms with van der Waals surface area (Å²) in [4.78, 5) is 26.5. The molecule has 1 amide bonds. The number of piperidine rings is 1. The molecular weight excluding hydrogens is 362 g/mol. The highest BCUT2D eigenvalue weighted by molar-refractivity contribution is 5.79. The molecule has 4 atom stereocenters. The van der Waals surface area contributed by atoms with Gasteiger partial charge < -0.3 is 23.8 Å². The van der Waals surface area contributed by atoms with Crippen LogP contribution in [0.4, 0.5) is 0 Å². The van der Waals surface area contributed by atoms with Crippen molar-refractivity contribution in [1.29, 1.82) is 0 Å². The summed E-state index contributed by atoms with van der Waals surface area (Å²) in [5, 5.41) is 0. The smallest absolute Gasteiger partial charge is 0.305 e. The van der Waals surface area contributed by atoms with Crippen LogP contribution in [0, 0.1) is 11.8 Å². The van der Waals surface area contributed by atoms with Gasteiger partial charge in [-0.3, -0.25) is 9.59 Å². The second kappa shape index (κ2) is 8.82. The molecule has 0 N–H and O–H groups in total. The third-order valence-corrected chi connectivity index (χ3v) is 5.87. The lowest BCUT2D eigenvalue weighted by Gasteiger charge is -2.41. The molecule has 0 aromatic heterocycles. The standard InChI is InChI=1S/C21H29NO6/c1-5-16-14(11-20(24)27-4)10-19(23)22-15(12-28-21(16)22)8-13-6-7-17(25-2)18(9-13)26-3/h6-7,9,14-16,21H,5,8,10-12H2,1-4H3/t14-,15+,16-,21+/m1/s1. The van der Waals surface area contributed by atoms with Crippen molar-refractivity contribution in [3.05, 3.63) is 23.8 Å². The SMILES string of the molecule is CC[C@@H]1[C@@H](CC(=O)OC)CC(=O)N2[C@@H](Cc3ccc(OC)c(OC)c3)CO[C@@H]12. The first-order valence-electron chi connectivity index (χ1n) is 9.72. The molecule has 0 bridgehead atoms. The van der Waals surface area contributed by atoms with E-state index in [0.717, 1.165) is 12.0 Å². The van der Waals surface area contributed by atoms with Gasteiger partial charge in [0.1, 0.15) is 6.23 Å². The van der Waals surface area contributed by atoms with Gasteiger partial charge in [0, 0.05) is 18.8 Å². The van der Waals surface area contributed by atoms with Gasteiger partial charge in [-0.15, -0.1) is 0 Å². The van der Waals surface area contributed by atoms with Crippen LogP contribution < -0.4 is 9.47 Å². The quantitative estimate of drug-likeness (QED) is 0.665. The monoisotopic (exact) mass is 391 g/mol. The highest BCUT2D eigenvalue weighted by Gasteiger charge is 2.48. The first kappa shape index (κ1) is 20.5. The summed E-state index contributed by atoms with van der Waals surface area (Å²) >= 11 is 0. The molecule has 0 aliphatic carbocycles. The van der Waals surface area contributed by atoms with Gasteiger partial charge in [0.05, 0.1) is 34.0 Å². The molecule has 2 aliphatic heterocycles. The number of fused-ring (bicyclic) bond motifs is 1. The predicted octanol–water partition coefficient (Wildman–Crippen LogP) is 2.41. The lowest BCUT2D eigenvalue weighted by Crippen LogP contribution is -2.52. The molecule has 0 unspecified atom stereocenters. The van der Waals surface area contributed by atoms with Gasteiger partial charge in [0.25, 0.3) is 0 Å². The summed E-state index contributed by atoms with van der Waals surface area (Å²) in [6.45, 7) is 2.57. The van der Waals surface area contributed by atoms with Crippen LogP contribution in [0.1, 0.15) is 31.7 Å². The van der Waals surface area contributed by atoms with E-state index in [0.29, 0.717) is 30.9 Å². The van der Waals surface area contributed by atoms with Crippen LogP contribution in [0.5, 0.6) is 11.5 Å². The zero-order valence-corrected chi connectivity index (χ0v) is 17.0. The van der Waals surface area contributed by atoms with Gasteiger partial charge >= 0.3 is 5.97 Å². The molecule has 28 heavy (non-hydrogen) atoms. The molecule has 0 saturated carbocycles. The summed E-state index contributed by atoms with van der Waals surface area (Å²) in [5.74, 6) is 1.22. The molecule has 2 heterocycles. The summed E-state index contributed by atoms with van der Waals surface area (Å²) in [5.41, 5.74) is 1.06. The number of nitrogens with zero attached hydrogens (tertiary/aromatic N) is 1. The Morgan fingerprint density at radius 3 is 2.61 bits per heavy atom. The highest BCUT2D eigenvalue weighted by Crippen LogP contribution is 2.40. The molecule has 1 aromatic carbocycles. The second-order valence-corrected chi connectivity index (χ2v) is 7.39. The molecule has 3 rings (SSSR count). The molecule has 0 spiro atoms. The van der Waals surface area contributed by atoms with Crippen molar-refractivity contribution < 1.29 is 28.5 Å². The lowest BCUT2D eigenvalue weighted by molar-refractivity contribution is -0.156. The van der Waals surface area contributed by atoms with Crippen LogP contribution in [-0.4, -0.2) is 57.0 Å². The Kier molecular flexibility index (Phi) is 6.44. The normalized spacial score (nSPS) is 26.7. The van der Waals surface area contributed by atoms with Crippen molar-refractivity contribution in [2.45, 2.75) is 44.9 Å².